The van der Waals surface area contributed by atoms with Crippen LogP contribution in [0, 0.1) is 6.92 Å². The predicted octanol–water partition coefficient (Wildman–Crippen LogP) is 1.81. The Balaban J connectivity index is 2.73. The lowest BCUT2D eigenvalue weighted by atomic mass is 10.1. The van der Waals surface area contributed by atoms with Gasteiger partial charge in [0.2, 0.25) is 5.91 Å². The first-order valence-corrected chi connectivity index (χ1v) is 6.78. The minimum atomic E-state index is -1.46. The summed E-state index contributed by atoms with van der Waals surface area (Å²) in [6.07, 6.45) is 1.99. The molecule has 0 aliphatic carbocycles. The van der Waals surface area contributed by atoms with Crippen LogP contribution >= 0.6 is 15.9 Å². The molecule has 0 saturated carbocycles. The summed E-state index contributed by atoms with van der Waals surface area (Å²) in [6, 6.07) is 4.09. The van der Waals surface area contributed by atoms with Crippen LogP contribution in [0.25, 0.3) is 6.08 Å². The number of hydrogen-bond donors (Lipinski definition) is 3. The molecule has 1 aromatic carbocycles. The van der Waals surface area contributed by atoms with Gasteiger partial charge in [0.05, 0.1) is 6.42 Å². The molecule has 0 aliphatic heterocycles. The van der Waals surface area contributed by atoms with E-state index in [1.807, 2.05) is 19.1 Å². The van der Waals surface area contributed by atoms with Crippen LogP contribution in [0.4, 0.5) is 0 Å². The van der Waals surface area contributed by atoms with Gasteiger partial charge in [0.25, 0.3) is 0 Å². The molecular formula is C14H14BrNO5. The molecule has 1 atom stereocenters. The fraction of sp³-hybridized carbons (Fsp3) is 0.214. The number of halogens is 1. The number of carbonyl (C=O) groups is 3. The quantitative estimate of drug-likeness (QED) is 0.675. The second-order valence-corrected chi connectivity index (χ2v) is 5.21. The van der Waals surface area contributed by atoms with Crippen molar-refractivity contribution in [3.8, 4) is 0 Å². The molecule has 6 nitrogen and oxygen atoms in total. The van der Waals surface area contributed by atoms with E-state index >= 15 is 0 Å². The van der Waals surface area contributed by atoms with Gasteiger partial charge in [0.1, 0.15) is 6.04 Å². The number of hydrogen-bond acceptors (Lipinski definition) is 3. The second-order valence-electron chi connectivity index (χ2n) is 4.36. The molecule has 0 heterocycles. The van der Waals surface area contributed by atoms with Crippen molar-refractivity contribution >= 4 is 39.9 Å². The number of aliphatic carboxylic acids is 2. The number of nitrogens with one attached hydrogen (secondary N) is 1. The first-order valence-electron chi connectivity index (χ1n) is 5.99. The van der Waals surface area contributed by atoms with Crippen molar-refractivity contribution in [2.75, 3.05) is 0 Å². The van der Waals surface area contributed by atoms with E-state index in [1.165, 1.54) is 6.08 Å². The first kappa shape index (κ1) is 16.9. The number of aryl methyl sites for hydroxylation is 1. The van der Waals surface area contributed by atoms with Crippen molar-refractivity contribution in [2.45, 2.75) is 19.4 Å². The Morgan fingerprint density at radius 2 is 2.00 bits per heavy atom. The third-order valence-corrected chi connectivity index (χ3v) is 3.25. The summed E-state index contributed by atoms with van der Waals surface area (Å²) < 4.78 is 0.798. The third kappa shape index (κ3) is 5.78. The van der Waals surface area contributed by atoms with E-state index in [0.717, 1.165) is 21.7 Å². The van der Waals surface area contributed by atoms with Crippen LogP contribution < -0.4 is 5.32 Å². The molecular weight excluding hydrogens is 342 g/mol. The van der Waals surface area contributed by atoms with E-state index in [1.54, 1.807) is 6.07 Å². The lowest BCUT2D eigenvalue weighted by molar-refractivity contribution is -0.146. The largest absolute Gasteiger partial charge is 0.481 e. The molecule has 0 radical (unpaired) electrons. The van der Waals surface area contributed by atoms with Crippen molar-refractivity contribution in [2.24, 2.45) is 0 Å². The highest BCUT2D eigenvalue weighted by molar-refractivity contribution is 9.10. The molecule has 1 amide bonds. The van der Waals surface area contributed by atoms with Crippen LogP contribution in [0.2, 0.25) is 0 Å². The maximum Gasteiger partial charge on any atom is 0.326 e. The van der Waals surface area contributed by atoms with E-state index in [2.05, 4.69) is 21.2 Å². The Kier molecular flexibility index (Phi) is 6.10. The zero-order valence-electron chi connectivity index (χ0n) is 11.2. The number of carboxylic acids is 2. The van der Waals surface area contributed by atoms with E-state index in [9.17, 15) is 14.4 Å². The molecule has 0 spiro atoms. The summed E-state index contributed by atoms with van der Waals surface area (Å²) in [4.78, 5) is 33.0. The number of rotatable bonds is 6. The zero-order chi connectivity index (χ0) is 16.0. The number of amides is 1. The SMILES string of the molecule is Cc1ccc(/C=C/C(=O)N[C@H](CC(=O)O)C(=O)O)c(Br)c1. The second kappa shape index (κ2) is 7.58. The average Bonchev–Trinajstić information content (AvgIpc) is 2.36. The van der Waals surface area contributed by atoms with Gasteiger partial charge in [-0.05, 0) is 30.2 Å². The number of carboxylic acid groups (broad SMARTS) is 2. The van der Waals surface area contributed by atoms with Crippen LogP contribution in [0.3, 0.4) is 0 Å². The van der Waals surface area contributed by atoms with Gasteiger partial charge < -0.3 is 15.5 Å². The predicted molar refractivity (Wildman–Crippen MR) is 79.7 cm³/mol. The molecule has 0 aromatic heterocycles. The van der Waals surface area contributed by atoms with E-state index < -0.39 is 30.3 Å². The summed E-state index contributed by atoms with van der Waals surface area (Å²) in [6.45, 7) is 1.92. The molecule has 0 fully saturated rings. The van der Waals surface area contributed by atoms with E-state index in [4.69, 9.17) is 10.2 Å². The maximum atomic E-state index is 11.6. The van der Waals surface area contributed by atoms with Crippen molar-refractivity contribution in [3.63, 3.8) is 0 Å². The minimum Gasteiger partial charge on any atom is -0.481 e. The van der Waals surface area contributed by atoms with Crippen LogP contribution in [0.5, 0.6) is 0 Å². The lowest BCUT2D eigenvalue weighted by Gasteiger charge is -2.10. The summed E-state index contributed by atoms with van der Waals surface area (Å²) >= 11 is 3.35. The van der Waals surface area contributed by atoms with Gasteiger partial charge in [0, 0.05) is 10.5 Å². The summed E-state index contributed by atoms with van der Waals surface area (Å²) in [5.41, 5.74) is 1.80. The molecule has 0 saturated heterocycles. The summed E-state index contributed by atoms with van der Waals surface area (Å²) in [7, 11) is 0. The molecule has 7 heteroatoms. The highest BCUT2D eigenvalue weighted by atomic mass is 79.9. The average molecular weight is 356 g/mol. The topological polar surface area (TPSA) is 104 Å². The Hall–Kier alpha value is -2.15. The Labute approximate surface area is 129 Å². The minimum absolute atomic E-state index is 0.670. The van der Waals surface area contributed by atoms with E-state index in [-0.39, 0.29) is 0 Å². The highest BCUT2D eigenvalue weighted by Crippen LogP contribution is 2.19. The Morgan fingerprint density at radius 1 is 1.33 bits per heavy atom. The first-order chi connectivity index (χ1) is 9.79. The monoisotopic (exact) mass is 355 g/mol. The van der Waals surface area contributed by atoms with Gasteiger partial charge >= 0.3 is 11.9 Å². The molecule has 1 rings (SSSR count). The third-order valence-electron chi connectivity index (χ3n) is 2.56. The van der Waals surface area contributed by atoms with Gasteiger partial charge in [-0.25, -0.2) is 4.79 Å². The van der Waals surface area contributed by atoms with Crippen molar-refractivity contribution in [1.29, 1.82) is 0 Å². The maximum absolute atomic E-state index is 11.6. The smallest absolute Gasteiger partial charge is 0.326 e. The molecule has 112 valence electrons. The van der Waals surface area contributed by atoms with Gasteiger partial charge in [0.15, 0.2) is 0 Å². The van der Waals surface area contributed by atoms with Crippen LogP contribution in [-0.2, 0) is 14.4 Å². The number of benzene rings is 1. The zero-order valence-corrected chi connectivity index (χ0v) is 12.8. The van der Waals surface area contributed by atoms with Gasteiger partial charge in [-0.1, -0.05) is 28.1 Å². The van der Waals surface area contributed by atoms with Crippen LogP contribution in [0.15, 0.2) is 28.7 Å². The van der Waals surface area contributed by atoms with Crippen molar-refractivity contribution in [3.05, 3.63) is 39.9 Å². The van der Waals surface area contributed by atoms with Crippen LogP contribution in [0.1, 0.15) is 17.5 Å². The van der Waals surface area contributed by atoms with Crippen LogP contribution in [-0.4, -0.2) is 34.1 Å². The lowest BCUT2D eigenvalue weighted by Crippen LogP contribution is -2.41. The molecule has 3 N–H and O–H groups in total. The standard InChI is InChI=1S/C14H14BrNO5/c1-8-2-3-9(10(15)6-8)4-5-12(17)16-11(14(20)21)7-13(18)19/h2-6,11H,7H2,1H3,(H,16,17)(H,18,19)(H,20,21)/b5-4+/t11-/m1/s1. The van der Waals surface area contributed by atoms with Gasteiger partial charge in [-0.2, -0.15) is 0 Å². The highest BCUT2D eigenvalue weighted by Gasteiger charge is 2.21. The molecule has 0 bridgehead atoms. The molecule has 21 heavy (non-hydrogen) atoms. The Bertz CT molecular complexity index is 597. The molecule has 0 aliphatic rings. The van der Waals surface area contributed by atoms with Gasteiger partial charge in [-0.15, -0.1) is 0 Å². The normalized spacial score (nSPS) is 12.1. The fourth-order valence-corrected chi connectivity index (χ4v) is 2.15. The van der Waals surface area contributed by atoms with Crippen molar-refractivity contribution < 1.29 is 24.6 Å². The van der Waals surface area contributed by atoms with Gasteiger partial charge in [-0.3, -0.25) is 9.59 Å². The fourth-order valence-electron chi connectivity index (χ4n) is 1.53. The molecule has 0 unspecified atom stereocenters. The number of carbonyl (C=O) groups excluding carboxylic acids is 1. The summed E-state index contributed by atoms with van der Waals surface area (Å²) in [5, 5.41) is 19.5. The Morgan fingerprint density at radius 3 is 2.52 bits per heavy atom. The van der Waals surface area contributed by atoms with Crippen molar-refractivity contribution in [1.82, 2.24) is 5.32 Å². The summed E-state index contributed by atoms with van der Waals surface area (Å²) in [5.74, 6) is -3.36. The van der Waals surface area contributed by atoms with E-state index in [0.29, 0.717) is 0 Å². The molecule has 1 aromatic rings.